The van der Waals surface area contributed by atoms with Crippen LogP contribution in [0.2, 0.25) is 0 Å². The van der Waals surface area contributed by atoms with Crippen LogP contribution in [0.15, 0.2) is 99.6 Å². The lowest BCUT2D eigenvalue weighted by Crippen LogP contribution is -2.34. The molecule has 1 aliphatic carbocycles. The number of thioether (sulfide) groups is 1. The van der Waals surface area contributed by atoms with Crippen LogP contribution < -0.4 is 10.2 Å². The number of carbonyl (C=O) groups excluding carboxylic acids is 2. The number of carbonyl (C=O) groups is 3. The summed E-state index contributed by atoms with van der Waals surface area (Å²) < 4.78 is 0. The Morgan fingerprint density at radius 1 is 0.861 bits per heavy atom. The maximum atomic E-state index is 13.4. The van der Waals surface area contributed by atoms with Crippen LogP contribution in [0.4, 0.5) is 17.1 Å². The van der Waals surface area contributed by atoms with Gasteiger partial charge in [-0.2, -0.15) is 0 Å². The second-order valence-electron chi connectivity index (χ2n) is 8.56. The molecule has 0 saturated carbocycles. The first-order valence-electron chi connectivity index (χ1n) is 11.6. The molecule has 2 atom stereocenters. The van der Waals surface area contributed by atoms with Crippen LogP contribution in [0.1, 0.15) is 12.8 Å². The number of para-hydroxylation sites is 2. The first kappa shape index (κ1) is 24.2. The maximum absolute atomic E-state index is 13.4. The molecule has 1 aliphatic heterocycles. The van der Waals surface area contributed by atoms with Crippen molar-refractivity contribution in [3.63, 3.8) is 0 Å². The van der Waals surface area contributed by atoms with E-state index in [1.807, 2.05) is 72.8 Å². The monoisotopic (exact) mass is 516 g/mol. The molecule has 2 aliphatic rings. The van der Waals surface area contributed by atoms with E-state index in [0.29, 0.717) is 18.5 Å². The second-order valence-corrected chi connectivity index (χ2v) is 10.7. The molecule has 2 amide bonds. The minimum atomic E-state index is -0.950. The Balaban J connectivity index is 1.24. The number of allylic oxidation sites excluding steroid dienone is 2. The van der Waals surface area contributed by atoms with Gasteiger partial charge in [0.2, 0.25) is 11.8 Å². The molecule has 0 spiro atoms. The molecular weight excluding hydrogens is 492 g/mol. The van der Waals surface area contributed by atoms with Crippen molar-refractivity contribution in [3.8, 4) is 0 Å². The van der Waals surface area contributed by atoms with Gasteiger partial charge < -0.3 is 10.4 Å². The van der Waals surface area contributed by atoms with Gasteiger partial charge in [-0.3, -0.25) is 19.3 Å². The molecule has 3 aromatic carbocycles. The SMILES string of the molecule is O=C(O)C1CC=CCC1C(=O)Nc1ccc(SCC(=O)N2c3ccccc3Sc3ccccc32)cc1. The van der Waals surface area contributed by atoms with Crippen molar-refractivity contribution in [2.45, 2.75) is 27.5 Å². The number of fused-ring (bicyclic) bond motifs is 2. The number of aliphatic carboxylic acids is 1. The van der Waals surface area contributed by atoms with Crippen molar-refractivity contribution >= 4 is 58.4 Å². The zero-order valence-corrected chi connectivity index (χ0v) is 20.9. The fraction of sp³-hybridized carbons (Fsp3) is 0.179. The molecule has 2 N–H and O–H groups in total. The van der Waals surface area contributed by atoms with E-state index in [1.54, 1.807) is 28.8 Å². The molecule has 0 radical (unpaired) electrons. The number of hydrogen-bond acceptors (Lipinski definition) is 5. The van der Waals surface area contributed by atoms with E-state index in [4.69, 9.17) is 0 Å². The molecule has 1 heterocycles. The predicted molar refractivity (Wildman–Crippen MR) is 143 cm³/mol. The molecule has 3 aromatic rings. The molecule has 2 unspecified atom stereocenters. The Morgan fingerprint density at radius 2 is 1.44 bits per heavy atom. The van der Waals surface area contributed by atoms with Crippen LogP contribution in [0.3, 0.4) is 0 Å². The minimum absolute atomic E-state index is 0.0114. The summed E-state index contributed by atoms with van der Waals surface area (Å²) >= 11 is 3.10. The van der Waals surface area contributed by atoms with Gasteiger partial charge in [-0.15, -0.1) is 11.8 Å². The highest BCUT2D eigenvalue weighted by molar-refractivity contribution is 8.00. The number of benzene rings is 3. The molecule has 5 rings (SSSR count). The number of carboxylic acids is 1. The fourth-order valence-electron chi connectivity index (χ4n) is 4.43. The standard InChI is InChI=1S/C28H24N2O4S2/c31-26(30-22-9-3-5-11-24(22)36-25-12-6-4-10-23(25)30)17-35-19-15-13-18(14-16-19)29-27(32)20-7-1-2-8-21(20)28(33)34/h1-6,9-16,20-21H,7-8,17H2,(H,29,32)(H,33,34). The lowest BCUT2D eigenvalue weighted by molar-refractivity contribution is -0.146. The van der Waals surface area contributed by atoms with Crippen LogP contribution in [-0.4, -0.2) is 28.6 Å². The van der Waals surface area contributed by atoms with Gasteiger partial charge in [0.15, 0.2) is 0 Å². The van der Waals surface area contributed by atoms with E-state index in [2.05, 4.69) is 5.32 Å². The summed E-state index contributed by atoms with van der Waals surface area (Å²) in [5.74, 6) is -2.29. The molecule has 8 heteroatoms. The van der Waals surface area contributed by atoms with Crippen molar-refractivity contribution in [1.82, 2.24) is 0 Å². The van der Waals surface area contributed by atoms with Gasteiger partial charge in [0, 0.05) is 20.4 Å². The molecule has 6 nitrogen and oxygen atoms in total. The summed E-state index contributed by atoms with van der Waals surface area (Å²) in [4.78, 5) is 42.3. The van der Waals surface area contributed by atoms with Gasteiger partial charge in [-0.05, 0) is 61.4 Å². The van der Waals surface area contributed by atoms with Gasteiger partial charge in [-0.1, -0.05) is 48.2 Å². The highest BCUT2D eigenvalue weighted by atomic mass is 32.2. The van der Waals surface area contributed by atoms with Crippen LogP contribution in [0.25, 0.3) is 0 Å². The van der Waals surface area contributed by atoms with Gasteiger partial charge in [-0.25, -0.2) is 0 Å². The fourth-order valence-corrected chi connectivity index (χ4v) is 6.23. The Bertz CT molecular complexity index is 1290. The Labute approximate surface area is 217 Å². The van der Waals surface area contributed by atoms with Gasteiger partial charge in [0.1, 0.15) is 0 Å². The highest BCUT2D eigenvalue weighted by Gasteiger charge is 2.34. The lowest BCUT2D eigenvalue weighted by Gasteiger charge is -2.31. The van der Waals surface area contributed by atoms with Gasteiger partial charge >= 0.3 is 5.97 Å². The van der Waals surface area contributed by atoms with Crippen LogP contribution in [-0.2, 0) is 14.4 Å². The van der Waals surface area contributed by atoms with Gasteiger partial charge in [0.05, 0.1) is 29.0 Å². The largest absolute Gasteiger partial charge is 0.481 e. The molecule has 0 fully saturated rings. The number of hydrogen-bond donors (Lipinski definition) is 2. The first-order chi connectivity index (χ1) is 17.5. The molecule has 182 valence electrons. The van der Waals surface area contributed by atoms with Crippen molar-refractivity contribution in [1.29, 1.82) is 0 Å². The number of nitrogens with zero attached hydrogens (tertiary/aromatic N) is 1. The average Bonchev–Trinajstić information content (AvgIpc) is 2.91. The van der Waals surface area contributed by atoms with Crippen LogP contribution in [0.5, 0.6) is 0 Å². The lowest BCUT2D eigenvalue weighted by atomic mass is 9.82. The summed E-state index contributed by atoms with van der Waals surface area (Å²) in [7, 11) is 0. The Kier molecular flexibility index (Phi) is 7.16. The quantitative estimate of drug-likeness (QED) is 0.299. The van der Waals surface area contributed by atoms with E-state index >= 15 is 0 Å². The van der Waals surface area contributed by atoms with Gasteiger partial charge in [0.25, 0.3) is 0 Å². The topological polar surface area (TPSA) is 86.7 Å². The van der Waals surface area contributed by atoms with Crippen molar-refractivity contribution in [3.05, 3.63) is 84.9 Å². The number of rotatable bonds is 6. The minimum Gasteiger partial charge on any atom is -0.481 e. The predicted octanol–water partition coefficient (Wildman–Crippen LogP) is 6.21. The summed E-state index contributed by atoms with van der Waals surface area (Å²) in [6.45, 7) is 0. The van der Waals surface area contributed by atoms with Crippen LogP contribution >= 0.6 is 23.5 Å². The molecular formula is C28H24N2O4S2. The molecule has 0 aromatic heterocycles. The third-order valence-corrected chi connectivity index (χ3v) is 8.38. The average molecular weight is 517 g/mol. The van der Waals surface area contributed by atoms with Crippen molar-refractivity contribution in [2.24, 2.45) is 11.8 Å². The smallest absolute Gasteiger partial charge is 0.307 e. The normalized spacial score (nSPS) is 18.2. The first-order valence-corrected chi connectivity index (χ1v) is 13.4. The summed E-state index contributed by atoms with van der Waals surface area (Å²) in [5, 5.41) is 12.3. The summed E-state index contributed by atoms with van der Waals surface area (Å²) in [6.07, 6.45) is 4.45. The number of nitrogens with one attached hydrogen (secondary N) is 1. The Morgan fingerprint density at radius 3 is 2.06 bits per heavy atom. The molecule has 0 saturated heterocycles. The highest BCUT2D eigenvalue weighted by Crippen LogP contribution is 2.48. The zero-order chi connectivity index (χ0) is 25.1. The Hall–Kier alpha value is -3.49. The van der Waals surface area contributed by atoms with E-state index in [9.17, 15) is 19.5 Å². The van der Waals surface area contributed by atoms with E-state index < -0.39 is 17.8 Å². The number of anilines is 3. The molecule has 36 heavy (non-hydrogen) atoms. The van der Waals surface area contributed by atoms with Crippen molar-refractivity contribution < 1.29 is 19.5 Å². The van der Waals surface area contributed by atoms with Crippen molar-refractivity contribution in [2.75, 3.05) is 16.0 Å². The summed E-state index contributed by atoms with van der Waals surface area (Å²) in [5.41, 5.74) is 2.38. The van der Waals surface area contributed by atoms with E-state index in [-0.39, 0.29) is 17.6 Å². The number of carboxylic acid groups (broad SMARTS) is 1. The van der Waals surface area contributed by atoms with Crippen LogP contribution in [0, 0.1) is 11.8 Å². The zero-order valence-electron chi connectivity index (χ0n) is 19.3. The van der Waals surface area contributed by atoms with E-state index in [0.717, 1.165) is 26.1 Å². The summed E-state index contributed by atoms with van der Waals surface area (Å²) in [6, 6.07) is 23.1. The van der Waals surface area contributed by atoms with E-state index in [1.165, 1.54) is 11.8 Å². The maximum Gasteiger partial charge on any atom is 0.307 e. The molecule has 0 bridgehead atoms. The second kappa shape index (κ2) is 10.6. The third-order valence-electron chi connectivity index (χ3n) is 6.25. The number of amides is 2. The third kappa shape index (κ3) is 5.05.